The molecule has 16 heavy (non-hydrogen) atoms. The molecule has 1 unspecified atom stereocenters. The SMILES string of the molecule is CC(C)C(Cc1ccccc1Br)NC1CC1. The van der Waals surface area contributed by atoms with E-state index < -0.39 is 0 Å². The minimum Gasteiger partial charge on any atom is -0.311 e. The van der Waals surface area contributed by atoms with Crippen LogP contribution in [0.4, 0.5) is 0 Å². The minimum atomic E-state index is 0.603. The smallest absolute Gasteiger partial charge is 0.0207 e. The van der Waals surface area contributed by atoms with Crippen molar-refractivity contribution in [3.05, 3.63) is 34.3 Å². The summed E-state index contributed by atoms with van der Waals surface area (Å²) in [6, 6.07) is 9.93. The summed E-state index contributed by atoms with van der Waals surface area (Å²) in [5.41, 5.74) is 1.41. The van der Waals surface area contributed by atoms with E-state index in [1.807, 2.05) is 0 Å². The molecule has 1 aliphatic rings. The van der Waals surface area contributed by atoms with Crippen molar-refractivity contribution in [3.63, 3.8) is 0 Å². The van der Waals surface area contributed by atoms with Crippen molar-refractivity contribution in [2.24, 2.45) is 5.92 Å². The third-order valence-electron chi connectivity index (χ3n) is 3.23. The van der Waals surface area contributed by atoms with Gasteiger partial charge in [-0.1, -0.05) is 48.0 Å². The molecule has 1 saturated carbocycles. The van der Waals surface area contributed by atoms with Crippen LogP contribution in [-0.2, 0) is 6.42 Å². The molecule has 0 heterocycles. The molecule has 0 aliphatic heterocycles. The Morgan fingerprint density at radius 3 is 2.56 bits per heavy atom. The highest BCUT2D eigenvalue weighted by molar-refractivity contribution is 9.10. The Labute approximate surface area is 107 Å². The number of benzene rings is 1. The van der Waals surface area contributed by atoms with E-state index in [0.717, 1.165) is 12.5 Å². The Bertz CT molecular complexity index is 344. The van der Waals surface area contributed by atoms with Gasteiger partial charge in [-0.25, -0.2) is 0 Å². The zero-order valence-corrected chi connectivity index (χ0v) is 11.6. The quantitative estimate of drug-likeness (QED) is 0.867. The number of nitrogens with one attached hydrogen (secondary N) is 1. The van der Waals surface area contributed by atoms with Gasteiger partial charge in [0.25, 0.3) is 0 Å². The molecule has 1 N–H and O–H groups in total. The molecule has 1 aromatic rings. The van der Waals surface area contributed by atoms with Crippen LogP contribution < -0.4 is 5.32 Å². The first kappa shape index (κ1) is 12.1. The van der Waals surface area contributed by atoms with Gasteiger partial charge in [0.1, 0.15) is 0 Å². The first-order chi connectivity index (χ1) is 7.66. The summed E-state index contributed by atoms with van der Waals surface area (Å²) in [6.07, 6.45) is 3.84. The van der Waals surface area contributed by atoms with Gasteiger partial charge in [0, 0.05) is 16.6 Å². The van der Waals surface area contributed by atoms with Gasteiger partial charge in [-0.3, -0.25) is 0 Å². The van der Waals surface area contributed by atoms with E-state index >= 15 is 0 Å². The summed E-state index contributed by atoms with van der Waals surface area (Å²) in [5.74, 6) is 0.688. The monoisotopic (exact) mass is 281 g/mol. The van der Waals surface area contributed by atoms with Crippen LogP contribution in [0.15, 0.2) is 28.7 Å². The number of hydrogen-bond donors (Lipinski definition) is 1. The highest BCUT2D eigenvalue weighted by atomic mass is 79.9. The fourth-order valence-corrected chi connectivity index (χ4v) is 2.39. The van der Waals surface area contributed by atoms with Gasteiger partial charge in [0.05, 0.1) is 0 Å². The summed E-state index contributed by atoms with van der Waals surface area (Å²) in [7, 11) is 0. The van der Waals surface area contributed by atoms with Gasteiger partial charge in [-0.2, -0.15) is 0 Å². The van der Waals surface area contributed by atoms with Crippen LogP contribution in [0.5, 0.6) is 0 Å². The zero-order valence-electron chi connectivity index (χ0n) is 10.0. The van der Waals surface area contributed by atoms with E-state index in [9.17, 15) is 0 Å². The standard InChI is InChI=1S/C14H20BrN/c1-10(2)14(16-12-7-8-12)9-11-5-3-4-6-13(11)15/h3-6,10,12,14,16H,7-9H2,1-2H3. The van der Waals surface area contributed by atoms with Crippen molar-refractivity contribution in [1.29, 1.82) is 0 Å². The second-order valence-electron chi connectivity index (χ2n) is 5.09. The number of halogens is 1. The molecule has 0 amide bonds. The Morgan fingerprint density at radius 1 is 1.31 bits per heavy atom. The summed E-state index contributed by atoms with van der Waals surface area (Å²) >= 11 is 3.63. The van der Waals surface area contributed by atoms with Crippen molar-refractivity contribution in [2.45, 2.75) is 45.2 Å². The average molecular weight is 282 g/mol. The van der Waals surface area contributed by atoms with Crippen molar-refractivity contribution >= 4 is 15.9 Å². The van der Waals surface area contributed by atoms with Crippen molar-refractivity contribution in [3.8, 4) is 0 Å². The minimum absolute atomic E-state index is 0.603. The topological polar surface area (TPSA) is 12.0 Å². The van der Waals surface area contributed by atoms with Crippen molar-refractivity contribution < 1.29 is 0 Å². The molecule has 0 saturated heterocycles. The van der Waals surface area contributed by atoms with Gasteiger partial charge < -0.3 is 5.32 Å². The second kappa shape index (κ2) is 5.33. The van der Waals surface area contributed by atoms with E-state index in [-0.39, 0.29) is 0 Å². The fraction of sp³-hybridized carbons (Fsp3) is 0.571. The summed E-state index contributed by atoms with van der Waals surface area (Å²) < 4.78 is 1.23. The molecule has 1 nitrogen and oxygen atoms in total. The van der Waals surface area contributed by atoms with Crippen molar-refractivity contribution in [2.75, 3.05) is 0 Å². The molecule has 1 aliphatic carbocycles. The lowest BCUT2D eigenvalue weighted by Gasteiger charge is -2.23. The molecular weight excluding hydrogens is 262 g/mol. The summed E-state index contributed by atoms with van der Waals surface area (Å²) in [6.45, 7) is 4.60. The van der Waals surface area contributed by atoms with Crippen molar-refractivity contribution in [1.82, 2.24) is 5.32 Å². The lowest BCUT2D eigenvalue weighted by molar-refractivity contribution is 0.393. The number of hydrogen-bond acceptors (Lipinski definition) is 1. The molecule has 2 heteroatoms. The van der Waals surface area contributed by atoms with Crippen LogP contribution in [-0.4, -0.2) is 12.1 Å². The molecule has 0 bridgehead atoms. The first-order valence-corrected chi connectivity index (χ1v) is 6.95. The molecule has 0 aromatic heterocycles. The van der Waals surface area contributed by atoms with Gasteiger partial charge in [0.15, 0.2) is 0 Å². The van der Waals surface area contributed by atoms with Gasteiger partial charge in [-0.05, 0) is 36.8 Å². The van der Waals surface area contributed by atoms with E-state index in [2.05, 4.69) is 59.4 Å². The Kier molecular flexibility index (Phi) is 4.04. The molecule has 2 rings (SSSR count). The molecule has 1 aromatic carbocycles. The van der Waals surface area contributed by atoms with E-state index in [4.69, 9.17) is 0 Å². The van der Waals surface area contributed by atoms with Crippen LogP contribution in [0.2, 0.25) is 0 Å². The van der Waals surface area contributed by atoms with Crippen LogP contribution in [0, 0.1) is 5.92 Å². The lowest BCUT2D eigenvalue weighted by atomic mass is 9.96. The second-order valence-corrected chi connectivity index (χ2v) is 5.94. The predicted molar refractivity (Wildman–Crippen MR) is 72.6 cm³/mol. The molecule has 1 atom stereocenters. The van der Waals surface area contributed by atoms with Gasteiger partial charge >= 0.3 is 0 Å². The van der Waals surface area contributed by atoms with Crippen LogP contribution in [0.3, 0.4) is 0 Å². The first-order valence-electron chi connectivity index (χ1n) is 6.16. The maximum atomic E-state index is 3.75. The summed E-state index contributed by atoms with van der Waals surface area (Å²) in [5, 5.41) is 3.75. The lowest BCUT2D eigenvalue weighted by Crippen LogP contribution is -2.37. The molecule has 0 radical (unpaired) electrons. The third-order valence-corrected chi connectivity index (χ3v) is 4.00. The van der Waals surface area contributed by atoms with E-state index in [1.54, 1.807) is 0 Å². The molecule has 1 fully saturated rings. The largest absolute Gasteiger partial charge is 0.311 e. The summed E-state index contributed by atoms with van der Waals surface area (Å²) in [4.78, 5) is 0. The Balaban J connectivity index is 2.01. The Morgan fingerprint density at radius 2 is 2.00 bits per heavy atom. The highest BCUT2D eigenvalue weighted by Gasteiger charge is 2.26. The zero-order chi connectivity index (χ0) is 11.5. The van der Waals surface area contributed by atoms with Crippen LogP contribution in [0.25, 0.3) is 0 Å². The average Bonchev–Trinajstić information content (AvgIpc) is 3.04. The highest BCUT2D eigenvalue weighted by Crippen LogP contribution is 2.24. The van der Waals surface area contributed by atoms with Crippen LogP contribution >= 0.6 is 15.9 Å². The molecule has 0 spiro atoms. The van der Waals surface area contributed by atoms with Gasteiger partial charge in [-0.15, -0.1) is 0 Å². The third kappa shape index (κ3) is 3.33. The maximum absolute atomic E-state index is 3.75. The normalized spacial score (nSPS) is 17.8. The van der Waals surface area contributed by atoms with Gasteiger partial charge in [0.2, 0.25) is 0 Å². The van der Waals surface area contributed by atoms with Crippen LogP contribution in [0.1, 0.15) is 32.3 Å². The van der Waals surface area contributed by atoms with E-state index in [1.165, 1.54) is 22.9 Å². The maximum Gasteiger partial charge on any atom is 0.0207 e. The molecular formula is C14H20BrN. The fourth-order valence-electron chi connectivity index (χ4n) is 1.94. The number of rotatable bonds is 5. The van der Waals surface area contributed by atoms with E-state index in [0.29, 0.717) is 12.0 Å². The predicted octanol–water partition coefficient (Wildman–Crippen LogP) is 3.77. The molecule has 88 valence electrons. The Hall–Kier alpha value is -0.340.